The topological polar surface area (TPSA) is 74.8 Å². The van der Waals surface area contributed by atoms with Crippen LogP contribution in [-0.2, 0) is 16.4 Å². The molecule has 0 saturated carbocycles. The van der Waals surface area contributed by atoms with Gasteiger partial charge in [0.1, 0.15) is 5.82 Å². The van der Waals surface area contributed by atoms with Crippen LogP contribution in [0.3, 0.4) is 0 Å². The van der Waals surface area contributed by atoms with Crippen LogP contribution in [0.2, 0.25) is 0 Å². The monoisotopic (exact) mass is 341 g/mol. The molecule has 1 aromatic heterocycles. The summed E-state index contributed by atoms with van der Waals surface area (Å²) in [6.45, 7) is 2.24. The molecule has 3 aromatic rings. The summed E-state index contributed by atoms with van der Waals surface area (Å²) in [6, 6.07) is 16.6. The number of hydrogen-bond acceptors (Lipinski definition) is 3. The molecule has 5 nitrogen and oxygen atoms in total. The first-order valence-electron chi connectivity index (χ1n) is 7.70. The zero-order chi connectivity index (χ0) is 17.0. The molecule has 0 spiro atoms. The Kier molecular flexibility index (Phi) is 4.78. The molecule has 6 heteroatoms. The van der Waals surface area contributed by atoms with E-state index in [1.54, 1.807) is 30.5 Å². The molecule has 0 aliphatic carbocycles. The number of hydrogen-bond donors (Lipinski definition) is 2. The molecular formula is C18H19N3O2S. The molecule has 3 rings (SSSR count). The number of benzene rings is 2. The first kappa shape index (κ1) is 16.4. The predicted octanol–water partition coefficient (Wildman–Crippen LogP) is 2.91. The Hall–Kier alpha value is -2.44. The van der Waals surface area contributed by atoms with Gasteiger partial charge in [0, 0.05) is 30.4 Å². The Balaban J connectivity index is 1.60. The number of nitrogens with one attached hydrogen (secondary N) is 2. The Labute approximate surface area is 141 Å². The number of rotatable bonds is 6. The summed E-state index contributed by atoms with van der Waals surface area (Å²) < 4.78 is 27.1. The molecule has 124 valence electrons. The van der Waals surface area contributed by atoms with Crippen molar-refractivity contribution in [2.45, 2.75) is 18.2 Å². The molecule has 1 heterocycles. The van der Waals surface area contributed by atoms with E-state index in [1.165, 1.54) is 0 Å². The van der Waals surface area contributed by atoms with E-state index in [4.69, 9.17) is 0 Å². The molecule has 0 aliphatic rings. The number of sulfonamides is 1. The van der Waals surface area contributed by atoms with E-state index in [0.29, 0.717) is 13.0 Å². The Morgan fingerprint density at radius 1 is 1.04 bits per heavy atom. The summed E-state index contributed by atoms with van der Waals surface area (Å²) in [5.74, 6) is 0.784. The molecule has 0 fully saturated rings. The molecule has 0 aliphatic heterocycles. The quantitative estimate of drug-likeness (QED) is 0.724. The van der Waals surface area contributed by atoms with E-state index in [0.717, 1.165) is 22.6 Å². The third-order valence-electron chi connectivity index (χ3n) is 3.69. The molecule has 0 amide bonds. The van der Waals surface area contributed by atoms with Gasteiger partial charge in [-0.25, -0.2) is 18.1 Å². The van der Waals surface area contributed by atoms with Crippen LogP contribution in [0, 0.1) is 6.92 Å². The fraction of sp³-hybridized carbons (Fsp3) is 0.167. The largest absolute Gasteiger partial charge is 0.342 e. The fourth-order valence-corrected chi connectivity index (χ4v) is 3.38. The molecule has 0 saturated heterocycles. The SMILES string of the molecule is Cc1ccc(S(=O)(=O)NCCc2cnc(-c3ccccc3)[nH]2)cc1. The van der Waals surface area contributed by atoms with Crippen molar-refractivity contribution < 1.29 is 8.42 Å². The second-order valence-corrected chi connectivity index (χ2v) is 7.35. The Bertz CT molecular complexity index is 901. The van der Waals surface area contributed by atoms with Crippen LogP contribution in [0.4, 0.5) is 0 Å². The standard InChI is InChI=1S/C18H19N3O2S/c1-14-7-9-17(10-8-14)24(22,23)20-12-11-16-13-19-18(21-16)15-5-3-2-4-6-15/h2-10,13,20H,11-12H2,1H3,(H,19,21). The average molecular weight is 341 g/mol. The first-order valence-corrected chi connectivity index (χ1v) is 9.18. The predicted molar refractivity (Wildman–Crippen MR) is 94.1 cm³/mol. The van der Waals surface area contributed by atoms with Gasteiger partial charge in [-0.1, -0.05) is 48.0 Å². The number of aryl methyl sites for hydroxylation is 1. The molecule has 2 aromatic carbocycles. The normalized spacial score (nSPS) is 11.5. The minimum Gasteiger partial charge on any atom is -0.342 e. The summed E-state index contributed by atoms with van der Waals surface area (Å²) >= 11 is 0. The van der Waals surface area contributed by atoms with Gasteiger partial charge in [-0.15, -0.1) is 0 Å². The zero-order valence-corrected chi connectivity index (χ0v) is 14.2. The van der Waals surface area contributed by atoms with E-state index in [-0.39, 0.29) is 4.90 Å². The van der Waals surface area contributed by atoms with Crippen molar-refractivity contribution in [3.8, 4) is 11.4 Å². The van der Waals surface area contributed by atoms with Gasteiger partial charge in [-0.05, 0) is 19.1 Å². The second kappa shape index (κ2) is 6.98. The third-order valence-corrected chi connectivity index (χ3v) is 5.17. The van der Waals surface area contributed by atoms with Crippen LogP contribution < -0.4 is 4.72 Å². The zero-order valence-electron chi connectivity index (χ0n) is 13.4. The van der Waals surface area contributed by atoms with Crippen molar-refractivity contribution in [1.82, 2.24) is 14.7 Å². The lowest BCUT2D eigenvalue weighted by Crippen LogP contribution is -2.26. The number of aromatic amines is 1. The van der Waals surface area contributed by atoms with Crippen molar-refractivity contribution >= 4 is 10.0 Å². The van der Waals surface area contributed by atoms with Crippen LogP contribution >= 0.6 is 0 Å². The maximum absolute atomic E-state index is 12.2. The molecule has 0 unspecified atom stereocenters. The summed E-state index contributed by atoms with van der Waals surface area (Å²) in [5.41, 5.74) is 2.92. The lowest BCUT2D eigenvalue weighted by atomic mass is 10.2. The van der Waals surface area contributed by atoms with Gasteiger partial charge in [0.15, 0.2) is 0 Å². The molecule has 2 N–H and O–H groups in total. The number of nitrogens with zero attached hydrogens (tertiary/aromatic N) is 1. The van der Waals surface area contributed by atoms with Crippen LogP contribution in [0.15, 0.2) is 65.7 Å². The maximum atomic E-state index is 12.2. The van der Waals surface area contributed by atoms with Crippen molar-refractivity contribution in [1.29, 1.82) is 0 Å². The molecule has 0 atom stereocenters. The highest BCUT2D eigenvalue weighted by atomic mass is 32.2. The smallest absolute Gasteiger partial charge is 0.240 e. The van der Waals surface area contributed by atoms with Gasteiger partial charge in [0.05, 0.1) is 4.90 Å². The molecular weight excluding hydrogens is 322 g/mol. The Morgan fingerprint density at radius 3 is 2.46 bits per heavy atom. The Morgan fingerprint density at radius 2 is 1.75 bits per heavy atom. The highest BCUT2D eigenvalue weighted by Crippen LogP contribution is 2.15. The van der Waals surface area contributed by atoms with Gasteiger partial charge in [-0.2, -0.15) is 0 Å². The second-order valence-electron chi connectivity index (χ2n) is 5.58. The van der Waals surface area contributed by atoms with Crippen LogP contribution in [0.1, 0.15) is 11.3 Å². The van der Waals surface area contributed by atoms with Crippen molar-refractivity contribution in [2.24, 2.45) is 0 Å². The van der Waals surface area contributed by atoms with E-state index in [2.05, 4.69) is 14.7 Å². The average Bonchev–Trinajstić information content (AvgIpc) is 3.05. The fourth-order valence-electron chi connectivity index (χ4n) is 2.35. The highest BCUT2D eigenvalue weighted by molar-refractivity contribution is 7.89. The maximum Gasteiger partial charge on any atom is 0.240 e. The van der Waals surface area contributed by atoms with Crippen molar-refractivity contribution in [3.05, 3.63) is 72.1 Å². The van der Waals surface area contributed by atoms with E-state index >= 15 is 0 Å². The minimum absolute atomic E-state index is 0.280. The van der Waals surface area contributed by atoms with Crippen LogP contribution in [-0.4, -0.2) is 24.9 Å². The van der Waals surface area contributed by atoms with E-state index in [9.17, 15) is 8.42 Å². The summed E-state index contributed by atoms with van der Waals surface area (Å²) in [4.78, 5) is 7.83. The summed E-state index contributed by atoms with van der Waals surface area (Å²) in [6.07, 6.45) is 2.29. The minimum atomic E-state index is -3.48. The van der Waals surface area contributed by atoms with Crippen LogP contribution in [0.5, 0.6) is 0 Å². The van der Waals surface area contributed by atoms with Gasteiger partial charge >= 0.3 is 0 Å². The van der Waals surface area contributed by atoms with E-state index < -0.39 is 10.0 Å². The summed E-state index contributed by atoms with van der Waals surface area (Å²) in [5, 5.41) is 0. The van der Waals surface area contributed by atoms with E-state index in [1.807, 2.05) is 37.3 Å². The van der Waals surface area contributed by atoms with Gasteiger partial charge < -0.3 is 4.98 Å². The number of aromatic nitrogens is 2. The first-order chi connectivity index (χ1) is 11.5. The number of imidazole rings is 1. The molecule has 24 heavy (non-hydrogen) atoms. The molecule has 0 bridgehead atoms. The highest BCUT2D eigenvalue weighted by Gasteiger charge is 2.13. The van der Waals surface area contributed by atoms with Gasteiger partial charge in [-0.3, -0.25) is 0 Å². The van der Waals surface area contributed by atoms with Gasteiger partial charge in [0.25, 0.3) is 0 Å². The van der Waals surface area contributed by atoms with Crippen molar-refractivity contribution in [3.63, 3.8) is 0 Å². The molecule has 0 radical (unpaired) electrons. The summed E-state index contributed by atoms with van der Waals surface area (Å²) in [7, 11) is -3.48. The lowest BCUT2D eigenvalue weighted by molar-refractivity contribution is 0.581. The third kappa shape index (κ3) is 3.90. The van der Waals surface area contributed by atoms with Crippen LogP contribution in [0.25, 0.3) is 11.4 Å². The van der Waals surface area contributed by atoms with Crippen molar-refractivity contribution in [2.75, 3.05) is 6.54 Å². The number of H-pyrrole nitrogens is 1. The van der Waals surface area contributed by atoms with Gasteiger partial charge in [0.2, 0.25) is 10.0 Å². The lowest BCUT2D eigenvalue weighted by Gasteiger charge is -2.06.